The zero-order valence-corrected chi connectivity index (χ0v) is 15.8. The molecule has 1 heterocycles. The number of amides is 4. The van der Waals surface area contributed by atoms with Gasteiger partial charge in [0, 0.05) is 5.69 Å². The van der Waals surface area contributed by atoms with Crippen molar-refractivity contribution >= 4 is 23.5 Å². The topological polar surface area (TPSA) is 78.5 Å². The Morgan fingerprint density at radius 2 is 2.00 bits per heavy atom. The van der Waals surface area contributed by atoms with E-state index in [1.165, 1.54) is 0 Å². The van der Waals surface area contributed by atoms with Gasteiger partial charge in [0.15, 0.2) is 0 Å². The molecular formula is C22H23N3O3. The Morgan fingerprint density at radius 1 is 1.18 bits per heavy atom. The van der Waals surface area contributed by atoms with Crippen LogP contribution in [0.3, 0.4) is 0 Å². The van der Waals surface area contributed by atoms with Gasteiger partial charge in [0.1, 0.15) is 12.1 Å². The number of anilines is 1. The molecule has 0 bridgehead atoms. The van der Waals surface area contributed by atoms with Gasteiger partial charge in [0.2, 0.25) is 5.91 Å². The van der Waals surface area contributed by atoms with E-state index in [1.54, 1.807) is 6.07 Å². The van der Waals surface area contributed by atoms with Gasteiger partial charge in [-0.3, -0.25) is 14.5 Å². The number of fused-ring (bicyclic) bond motifs is 2. The first-order valence-corrected chi connectivity index (χ1v) is 9.65. The van der Waals surface area contributed by atoms with Crippen molar-refractivity contribution < 1.29 is 14.4 Å². The van der Waals surface area contributed by atoms with Crippen LogP contribution in [0.5, 0.6) is 0 Å². The number of carbonyl (C=O) groups is 3. The Labute approximate surface area is 163 Å². The number of benzene rings is 2. The first kappa shape index (κ1) is 18.2. The van der Waals surface area contributed by atoms with Crippen molar-refractivity contribution in [1.29, 1.82) is 0 Å². The van der Waals surface area contributed by atoms with Crippen molar-refractivity contribution in [2.24, 2.45) is 0 Å². The van der Waals surface area contributed by atoms with Crippen LogP contribution in [0.25, 0.3) is 0 Å². The molecular weight excluding hydrogens is 354 g/mol. The van der Waals surface area contributed by atoms with E-state index in [1.807, 2.05) is 49.4 Å². The molecule has 1 atom stereocenters. The molecule has 1 aliphatic heterocycles. The number of nitrogens with zero attached hydrogens (tertiary/aromatic N) is 1. The fourth-order valence-electron chi connectivity index (χ4n) is 4.17. The van der Waals surface area contributed by atoms with E-state index >= 15 is 0 Å². The lowest BCUT2D eigenvalue weighted by molar-refractivity contribution is -0.134. The monoisotopic (exact) mass is 377 g/mol. The van der Waals surface area contributed by atoms with E-state index in [2.05, 4.69) is 10.6 Å². The smallest absolute Gasteiger partial charge is 0.325 e. The highest BCUT2D eigenvalue weighted by atomic mass is 16.2. The minimum absolute atomic E-state index is 0.301. The van der Waals surface area contributed by atoms with Crippen LogP contribution in [0.15, 0.2) is 48.5 Å². The van der Waals surface area contributed by atoms with E-state index in [0.717, 1.165) is 40.9 Å². The molecule has 4 amide bonds. The Hall–Kier alpha value is -3.15. The molecule has 0 saturated carbocycles. The molecule has 1 fully saturated rings. The lowest BCUT2D eigenvalue weighted by Crippen LogP contribution is -2.47. The molecule has 1 aliphatic carbocycles. The lowest BCUT2D eigenvalue weighted by Gasteiger charge is -2.33. The molecule has 28 heavy (non-hydrogen) atoms. The van der Waals surface area contributed by atoms with Gasteiger partial charge in [0.25, 0.3) is 5.91 Å². The van der Waals surface area contributed by atoms with Crippen molar-refractivity contribution in [3.8, 4) is 0 Å². The molecule has 1 saturated heterocycles. The van der Waals surface area contributed by atoms with Crippen molar-refractivity contribution in [3.05, 3.63) is 65.2 Å². The quantitative estimate of drug-likeness (QED) is 0.804. The molecule has 144 valence electrons. The number of imide groups is 1. The summed E-state index contributed by atoms with van der Waals surface area (Å²) in [6, 6.07) is 14.7. The minimum Gasteiger partial charge on any atom is -0.325 e. The number of carbonyl (C=O) groups excluding carboxylic acids is 3. The molecule has 2 aliphatic rings. The van der Waals surface area contributed by atoms with Gasteiger partial charge in [-0.2, -0.15) is 0 Å². The SMILES string of the molecule is CCc1cccc(NC(=O)CN2C(=O)N[C@@]3(CCCc4ccccc43)C2=O)c1. The normalized spacial score (nSPS) is 20.8. The number of hydrogen-bond donors (Lipinski definition) is 2. The maximum absolute atomic E-state index is 13.2. The molecule has 0 radical (unpaired) electrons. The molecule has 0 unspecified atom stereocenters. The number of rotatable bonds is 4. The molecule has 2 N–H and O–H groups in total. The molecule has 0 aromatic heterocycles. The Bertz CT molecular complexity index is 956. The van der Waals surface area contributed by atoms with Crippen LogP contribution < -0.4 is 10.6 Å². The Kier molecular flexibility index (Phi) is 4.63. The van der Waals surface area contributed by atoms with Gasteiger partial charge in [-0.25, -0.2) is 4.79 Å². The Balaban J connectivity index is 1.53. The summed E-state index contributed by atoms with van der Waals surface area (Å²) < 4.78 is 0. The molecule has 1 spiro atoms. The summed E-state index contributed by atoms with van der Waals surface area (Å²) in [6.45, 7) is 1.74. The second-order valence-electron chi connectivity index (χ2n) is 7.34. The van der Waals surface area contributed by atoms with Crippen molar-refractivity contribution in [1.82, 2.24) is 10.2 Å². The predicted molar refractivity (Wildman–Crippen MR) is 106 cm³/mol. The van der Waals surface area contributed by atoms with Crippen LogP contribution >= 0.6 is 0 Å². The standard InChI is InChI=1S/C22H23N3O3/c1-2-15-7-5-10-17(13-15)23-19(26)14-25-20(27)22(24-21(25)28)12-6-9-16-8-3-4-11-18(16)22/h3-5,7-8,10-11,13H,2,6,9,12,14H2,1H3,(H,23,26)(H,24,28)/t22-/m1/s1. The molecule has 2 aromatic rings. The van der Waals surface area contributed by atoms with Crippen molar-refractivity contribution in [2.45, 2.75) is 38.1 Å². The van der Waals surface area contributed by atoms with Crippen LogP contribution in [-0.4, -0.2) is 29.3 Å². The third-order valence-electron chi connectivity index (χ3n) is 5.57. The minimum atomic E-state index is -1.05. The lowest BCUT2D eigenvalue weighted by atomic mass is 9.76. The van der Waals surface area contributed by atoms with E-state index in [0.29, 0.717) is 12.1 Å². The van der Waals surface area contributed by atoms with Gasteiger partial charge in [-0.15, -0.1) is 0 Å². The summed E-state index contributed by atoms with van der Waals surface area (Å²) >= 11 is 0. The van der Waals surface area contributed by atoms with E-state index in [4.69, 9.17) is 0 Å². The van der Waals surface area contributed by atoms with Crippen LogP contribution in [-0.2, 0) is 28.0 Å². The second-order valence-corrected chi connectivity index (χ2v) is 7.34. The van der Waals surface area contributed by atoms with Crippen LogP contribution in [0, 0.1) is 0 Å². The second kappa shape index (κ2) is 7.11. The van der Waals surface area contributed by atoms with E-state index in [-0.39, 0.29) is 12.5 Å². The van der Waals surface area contributed by atoms with Crippen LogP contribution in [0.2, 0.25) is 0 Å². The number of urea groups is 1. The summed E-state index contributed by atoms with van der Waals surface area (Å²) in [7, 11) is 0. The zero-order valence-electron chi connectivity index (χ0n) is 15.8. The maximum Gasteiger partial charge on any atom is 0.325 e. The van der Waals surface area contributed by atoms with Crippen LogP contribution in [0.1, 0.15) is 36.5 Å². The molecule has 4 rings (SSSR count). The average molecular weight is 377 g/mol. The van der Waals surface area contributed by atoms with Gasteiger partial charge in [-0.05, 0) is 54.5 Å². The third-order valence-corrected chi connectivity index (χ3v) is 5.57. The van der Waals surface area contributed by atoms with Crippen LogP contribution in [0.4, 0.5) is 10.5 Å². The molecule has 2 aromatic carbocycles. The fraction of sp³-hybridized carbons (Fsp3) is 0.318. The summed E-state index contributed by atoms with van der Waals surface area (Å²) in [5.74, 6) is -0.736. The maximum atomic E-state index is 13.2. The van der Waals surface area contributed by atoms with E-state index in [9.17, 15) is 14.4 Å². The first-order valence-electron chi connectivity index (χ1n) is 9.65. The Morgan fingerprint density at radius 3 is 2.82 bits per heavy atom. The van der Waals surface area contributed by atoms with Gasteiger partial charge < -0.3 is 10.6 Å². The van der Waals surface area contributed by atoms with E-state index < -0.39 is 17.5 Å². The highest BCUT2D eigenvalue weighted by Gasteiger charge is 2.54. The summed E-state index contributed by atoms with van der Waals surface area (Å²) in [4.78, 5) is 39.3. The molecule has 6 heteroatoms. The van der Waals surface area contributed by atoms with Gasteiger partial charge in [0.05, 0.1) is 0 Å². The van der Waals surface area contributed by atoms with Crippen molar-refractivity contribution in [2.75, 3.05) is 11.9 Å². The zero-order chi connectivity index (χ0) is 19.7. The number of nitrogens with one attached hydrogen (secondary N) is 2. The van der Waals surface area contributed by atoms with Gasteiger partial charge in [-0.1, -0.05) is 43.3 Å². The summed E-state index contributed by atoms with van der Waals surface area (Å²) in [5, 5.41) is 5.65. The predicted octanol–water partition coefficient (Wildman–Crippen LogP) is 2.97. The highest BCUT2D eigenvalue weighted by molar-refractivity contribution is 6.10. The number of hydrogen-bond acceptors (Lipinski definition) is 3. The van der Waals surface area contributed by atoms with Gasteiger partial charge >= 0.3 is 6.03 Å². The average Bonchev–Trinajstić information content (AvgIpc) is 2.93. The van der Waals surface area contributed by atoms with Crippen molar-refractivity contribution in [3.63, 3.8) is 0 Å². The largest absolute Gasteiger partial charge is 0.325 e. The summed E-state index contributed by atoms with van der Waals surface area (Å²) in [6.07, 6.45) is 3.10. The fourth-order valence-corrected chi connectivity index (χ4v) is 4.17. The summed E-state index contributed by atoms with van der Waals surface area (Å²) in [5.41, 5.74) is 2.64. The number of aryl methyl sites for hydroxylation is 2. The first-order chi connectivity index (χ1) is 13.5. The third kappa shape index (κ3) is 3.05. The highest BCUT2D eigenvalue weighted by Crippen LogP contribution is 2.39. The molecule has 6 nitrogen and oxygen atoms in total.